The third-order valence-electron chi connectivity index (χ3n) is 4.18. The Labute approximate surface area is 175 Å². The zero-order chi connectivity index (χ0) is 20.8. The number of halogens is 2. The smallest absolute Gasteiger partial charge is 0.245 e. The number of nitrogens with one attached hydrogen (secondary N) is 2. The average Bonchev–Trinajstić information content (AvgIpc) is 3.16. The van der Waals surface area contributed by atoms with Crippen molar-refractivity contribution in [2.75, 3.05) is 25.1 Å². The predicted octanol–water partition coefficient (Wildman–Crippen LogP) is 2.88. The second-order valence-corrected chi connectivity index (χ2v) is 7.89. The Balaban J connectivity index is 1.79. The molecule has 1 atom stereocenters. The van der Waals surface area contributed by atoms with Crippen LogP contribution in [0.3, 0.4) is 0 Å². The number of nitrogens with zero attached hydrogens (tertiary/aromatic N) is 2. The number of carbonyl (C=O) groups is 1. The number of benzene rings is 2. The molecule has 0 radical (unpaired) electrons. The molecule has 0 aliphatic rings. The molecule has 0 aliphatic carbocycles. The van der Waals surface area contributed by atoms with Gasteiger partial charge >= 0.3 is 0 Å². The van der Waals surface area contributed by atoms with Crippen molar-refractivity contribution >= 4 is 45.3 Å². The Morgan fingerprint density at radius 3 is 2.76 bits per heavy atom. The maximum atomic E-state index is 13.6. The molecule has 1 unspecified atom stereocenters. The number of likely N-dealkylation sites (N-methyl/N-ethyl adjacent to an activating group) is 1. The zero-order valence-electron chi connectivity index (χ0n) is 15.6. The maximum absolute atomic E-state index is 13.6. The van der Waals surface area contributed by atoms with Crippen molar-refractivity contribution in [3.63, 3.8) is 0 Å². The predicted molar refractivity (Wildman–Crippen MR) is 113 cm³/mol. The van der Waals surface area contributed by atoms with Crippen molar-refractivity contribution in [1.29, 1.82) is 0 Å². The fraction of sp³-hybridized carbons (Fsp3) is 0.263. The topological polar surface area (TPSA) is 77.5 Å². The van der Waals surface area contributed by atoms with Gasteiger partial charge in [0.05, 0.1) is 22.3 Å². The number of carbonyl (C=O) groups excluding carboxylic acids is 1. The highest BCUT2D eigenvalue weighted by atomic mass is 32.2. The first-order valence-electron chi connectivity index (χ1n) is 8.79. The molecule has 3 aromatic rings. The van der Waals surface area contributed by atoms with Gasteiger partial charge in [-0.15, -0.1) is 11.3 Å². The van der Waals surface area contributed by atoms with Crippen LogP contribution in [0.2, 0.25) is 0 Å². The first-order valence-corrected chi connectivity index (χ1v) is 10.5. The first kappa shape index (κ1) is 21.6. The molecule has 10 heteroatoms. The lowest BCUT2D eigenvalue weighted by Gasteiger charge is -2.24. The van der Waals surface area contributed by atoms with Gasteiger partial charge in [-0.1, -0.05) is 0 Å². The van der Waals surface area contributed by atoms with Crippen molar-refractivity contribution in [3.8, 4) is 0 Å². The SMILES string of the molecule is CN(C(=O)C(Cc1cc(F)cc(F)c1)NSNCCO)c1ccc2scnc2c1. The van der Waals surface area contributed by atoms with Crippen LogP contribution in [0, 0.1) is 11.6 Å². The number of thiazole rings is 1. The number of aliphatic hydroxyl groups excluding tert-OH is 1. The van der Waals surface area contributed by atoms with Crippen LogP contribution in [0.1, 0.15) is 5.56 Å². The summed E-state index contributed by atoms with van der Waals surface area (Å²) in [6.07, 6.45) is 0.0879. The summed E-state index contributed by atoms with van der Waals surface area (Å²) in [5, 5.41) is 8.88. The number of rotatable bonds is 9. The Morgan fingerprint density at radius 2 is 2.03 bits per heavy atom. The van der Waals surface area contributed by atoms with E-state index in [-0.39, 0.29) is 18.9 Å². The Bertz CT molecular complexity index is 966. The summed E-state index contributed by atoms with van der Waals surface area (Å²) in [7, 11) is 1.64. The number of amides is 1. The van der Waals surface area contributed by atoms with Crippen LogP contribution < -0.4 is 14.3 Å². The molecule has 0 saturated carbocycles. The summed E-state index contributed by atoms with van der Waals surface area (Å²) in [4.78, 5) is 18.9. The summed E-state index contributed by atoms with van der Waals surface area (Å²) in [5.41, 5.74) is 3.56. The summed E-state index contributed by atoms with van der Waals surface area (Å²) in [6.45, 7) is 0.263. The fourth-order valence-electron chi connectivity index (χ4n) is 2.77. The van der Waals surface area contributed by atoms with Gasteiger partial charge in [-0.25, -0.2) is 23.2 Å². The van der Waals surface area contributed by atoms with E-state index in [4.69, 9.17) is 5.11 Å². The maximum Gasteiger partial charge on any atom is 0.245 e. The van der Waals surface area contributed by atoms with Gasteiger partial charge in [-0.05, 0) is 42.3 Å². The van der Waals surface area contributed by atoms with Gasteiger partial charge in [0.15, 0.2) is 0 Å². The number of fused-ring (bicyclic) bond motifs is 1. The van der Waals surface area contributed by atoms with Gasteiger partial charge in [-0.3, -0.25) is 4.79 Å². The minimum atomic E-state index is -0.761. The molecule has 3 rings (SSSR count). The van der Waals surface area contributed by atoms with Gasteiger partial charge in [0, 0.05) is 37.5 Å². The Kier molecular flexibility index (Phi) is 7.51. The van der Waals surface area contributed by atoms with Gasteiger partial charge in [0.1, 0.15) is 17.7 Å². The Morgan fingerprint density at radius 1 is 1.28 bits per heavy atom. The molecule has 0 saturated heterocycles. The molecule has 1 heterocycles. The van der Waals surface area contributed by atoms with Crippen molar-refractivity contribution in [3.05, 3.63) is 59.1 Å². The lowest BCUT2D eigenvalue weighted by atomic mass is 10.0. The van der Waals surface area contributed by atoms with E-state index < -0.39 is 17.7 Å². The number of aliphatic hydroxyl groups is 1. The van der Waals surface area contributed by atoms with Gasteiger partial charge < -0.3 is 10.0 Å². The van der Waals surface area contributed by atoms with Crippen LogP contribution in [0.4, 0.5) is 14.5 Å². The van der Waals surface area contributed by atoms with Crippen molar-refractivity contribution < 1.29 is 18.7 Å². The quantitative estimate of drug-likeness (QED) is 0.352. The van der Waals surface area contributed by atoms with E-state index in [2.05, 4.69) is 14.4 Å². The molecule has 0 aliphatic heterocycles. The van der Waals surface area contributed by atoms with Crippen molar-refractivity contribution in [2.45, 2.75) is 12.5 Å². The van der Waals surface area contributed by atoms with Crippen LogP contribution in [-0.2, 0) is 11.2 Å². The molecular weight excluding hydrogens is 418 g/mol. The molecule has 1 amide bonds. The largest absolute Gasteiger partial charge is 0.395 e. The monoisotopic (exact) mass is 438 g/mol. The zero-order valence-corrected chi connectivity index (χ0v) is 17.2. The Hall–Kier alpha value is -2.11. The van der Waals surface area contributed by atoms with Crippen LogP contribution in [-0.4, -0.2) is 42.2 Å². The highest BCUT2D eigenvalue weighted by Crippen LogP contribution is 2.24. The average molecular weight is 439 g/mol. The summed E-state index contributed by atoms with van der Waals surface area (Å²) < 4.78 is 34.0. The summed E-state index contributed by atoms with van der Waals surface area (Å²) in [5.74, 6) is -1.67. The number of hydrogen-bond acceptors (Lipinski definition) is 7. The normalized spacial score (nSPS) is 12.3. The minimum Gasteiger partial charge on any atom is -0.395 e. The standard InChI is InChI=1S/C19H20F2N4O2S2/c1-25(15-2-3-18-16(10-15)22-11-28-18)19(27)17(24-29-23-4-5-26)8-12-6-13(20)9-14(21)7-12/h2-3,6-7,9-11,17,23-24,26H,4-5,8H2,1H3. The van der Waals surface area contributed by atoms with E-state index in [1.54, 1.807) is 12.6 Å². The number of aromatic nitrogens is 1. The highest BCUT2D eigenvalue weighted by Gasteiger charge is 2.24. The van der Waals surface area contributed by atoms with Gasteiger partial charge in [-0.2, -0.15) is 0 Å². The molecule has 0 spiro atoms. The van der Waals surface area contributed by atoms with E-state index in [1.807, 2.05) is 18.2 Å². The van der Waals surface area contributed by atoms with E-state index in [1.165, 1.54) is 28.4 Å². The molecule has 0 fully saturated rings. The third kappa shape index (κ3) is 5.71. The lowest BCUT2D eigenvalue weighted by molar-refractivity contribution is -0.119. The van der Waals surface area contributed by atoms with E-state index in [0.717, 1.165) is 28.4 Å². The molecule has 1 aromatic heterocycles. The summed E-state index contributed by atoms with van der Waals surface area (Å²) in [6, 6.07) is 7.99. The first-order chi connectivity index (χ1) is 14.0. The molecule has 154 valence electrons. The fourth-order valence-corrected chi connectivity index (χ4v) is 4.03. The van der Waals surface area contributed by atoms with Crippen LogP contribution in [0.15, 0.2) is 41.9 Å². The molecule has 2 aromatic carbocycles. The van der Waals surface area contributed by atoms with E-state index in [0.29, 0.717) is 17.8 Å². The number of hydrogen-bond donors (Lipinski definition) is 3. The van der Waals surface area contributed by atoms with Gasteiger partial charge in [0.2, 0.25) is 5.91 Å². The van der Waals surface area contributed by atoms with Crippen molar-refractivity contribution in [1.82, 2.24) is 14.4 Å². The van der Waals surface area contributed by atoms with Crippen LogP contribution in [0.25, 0.3) is 10.2 Å². The van der Waals surface area contributed by atoms with Crippen LogP contribution in [0.5, 0.6) is 0 Å². The third-order valence-corrected chi connectivity index (χ3v) is 5.74. The number of anilines is 1. The highest BCUT2D eigenvalue weighted by molar-refractivity contribution is 7.95. The molecule has 29 heavy (non-hydrogen) atoms. The molecule has 0 bridgehead atoms. The second kappa shape index (κ2) is 10.1. The molecule has 3 N–H and O–H groups in total. The second-order valence-electron chi connectivity index (χ2n) is 6.27. The van der Waals surface area contributed by atoms with Crippen LogP contribution >= 0.6 is 23.5 Å². The summed E-state index contributed by atoms with van der Waals surface area (Å²) >= 11 is 2.57. The minimum absolute atomic E-state index is 0.0596. The van der Waals surface area contributed by atoms with E-state index >= 15 is 0 Å². The lowest BCUT2D eigenvalue weighted by Crippen LogP contribution is -2.45. The molecular formula is C19H20F2N4O2S2. The van der Waals surface area contributed by atoms with Crippen molar-refractivity contribution in [2.24, 2.45) is 0 Å². The van der Waals surface area contributed by atoms with Gasteiger partial charge in [0.25, 0.3) is 0 Å². The van der Waals surface area contributed by atoms with E-state index in [9.17, 15) is 13.6 Å². The molecule has 6 nitrogen and oxygen atoms in total.